The first kappa shape index (κ1) is 21.2. The second kappa shape index (κ2) is 9.40. The summed E-state index contributed by atoms with van der Waals surface area (Å²) in [6, 6.07) is 13.8. The SMILES string of the molecule is COc1cc(/C=C2\CCCN(CCc3ccc(Cl)cc3)C2=O)ccc1-c1nc(C)c[nH]1. The van der Waals surface area contributed by atoms with Crippen molar-refractivity contribution in [1.82, 2.24) is 14.9 Å². The van der Waals surface area contributed by atoms with Crippen molar-refractivity contribution in [3.63, 3.8) is 0 Å². The fourth-order valence-electron chi connectivity index (χ4n) is 3.88. The fraction of sp³-hybridized carbons (Fsp3) is 0.280. The smallest absolute Gasteiger partial charge is 0.249 e. The molecule has 1 N–H and O–H groups in total. The Kier molecular flexibility index (Phi) is 6.42. The number of aromatic amines is 1. The summed E-state index contributed by atoms with van der Waals surface area (Å²) >= 11 is 5.96. The minimum absolute atomic E-state index is 0.116. The maximum absolute atomic E-state index is 13.0. The van der Waals surface area contributed by atoms with Crippen LogP contribution in [0.2, 0.25) is 5.02 Å². The van der Waals surface area contributed by atoms with Crippen molar-refractivity contribution >= 4 is 23.6 Å². The van der Waals surface area contributed by atoms with Gasteiger partial charge in [-0.25, -0.2) is 4.98 Å². The van der Waals surface area contributed by atoms with Crippen LogP contribution in [0.3, 0.4) is 0 Å². The largest absolute Gasteiger partial charge is 0.496 e. The maximum Gasteiger partial charge on any atom is 0.249 e. The Balaban J connectivity index is 1.49. The Labute approximate surface area is 187 Å². The lowest BCUT2D eigenvalue weighted by atomic mass is 9.99. The Hall–Kier alpha value is -3.05. The van der Waals surface area contributed by atoms with Crippen LogP contribution in [0.4, 0.5) is 0 Å². The van der Waals surface area contributed by atoms with Gasteiger partial charge in [0.25, 0.3) is 0 Å². The standard InChI is InChI=1S/C25H26ClN3O2/c1-17-16-27-24(28-17)22-10-7-19(15-23(22)31-2)14-20-4-3-12-29(25(20)30)13-11-18-5-8-21(26)9-6-18/h5-10,14-16H,3-4,11-13H2,1-2H3,(H,27,28)/b20-14+. The van der Waals surface area contributed by atoms with Crippen LogP contribution in [0.5, 0.6) is 5.75 Å². The Morgan fingerprint density at radius 2 is 2.03 bits per heavy atom. The predicted octanol–water partition coefficient (Wildman–Crippen LogP) is 5.30. The quantitative estimate of drug-likeness (QED) is 0.535. The summed E-state index contributed by atoms with van der Waals surface area (Å²) in [7, 11) is 1.65. The highest BCUT2D eigenvalue weighted by Crippen LogP contribution is 2.30. The number of ether oxygens (including phenoxy) is 1. The van der Waals surface area contributed by atoms with Gasteiger partial charge < -0.3 is 14.6 Å². The number of carbonyl (C=O) groups excluding carboxylic acids is 1. The average Bonchev–Trinajstić information content (AvgIpc) is 3.21. The van der Waals surface area contributed by atoms with E-state index in [1.165, 1.54) is 5.56 Å². The lowest BCUT2D eigenvalue weighted by Crippen LogP contribution is -2.38. The van der Waals surface area contributed by atoms with Gasteiger partial charge >= 0.3 is 0 Å². The summed E-state index contributed by atoms with van der Waals surface area (Å²) in [5.74, 6) is 1.62. The highest BCUT2D eigenvalue weighted by Gasteiger charge is 2.23. The van der Waals surface area contributed by atoms with E-state index >= 15 is 0 Å². The van der Waals surface area contributed by atoms with E-state index in [-0.39, 0.29) is 5.91 Å². The van der Waals surface area contributed by atoms with E-state index in [4.69, 9.17) is 16.3 Å². The summed E-state index contributed by atoms with van der Waals surface area (Å²) in [4.78, 5) is 22.6. The Bertz CT molecular complexity index is 1100. The molecule has 0 atom stereocenters. The van der Waals surface area contributed by atoms with Crippen molar-refractivity contribution in [2.75, 3.05) is 20.2 Å². The van der Waals surface area contributed by atoms with Gasteiger partial charge in [0.15, 0.2) is 0 Å². The van der Waals surface area contributed by atoms with Crippen LogP contribution in [-0.4, -0.2) is 41.0 Å². The van der Waals surface area contributed by atoms with Crippen LogP contribution in [-0.2, 0) is 11.2 Å². The molecule has 0 spiro atoms. The molecular weight excluding hydrogens is 410 g/mol. The van der Waals surface area contributed by atoms with Gasteiger partial charge in [0.05, 0.1) is 18.4 Å². The van der Waals surface area contributed by atoms with Gasteiger partial charge in [-0.2, -0.15) is 0 Å². The number of rotatable bonds is 6. The first-order valence-corrected chi connectivity index (χ1v) is 10.9. The number of aryl methyl sites for hydroxylation is 1. The molecule has 1 fully saturated rings. The molecule has 0 radical (unpaired) electrons. The van der Waals surface area contributed by atoms with E-state index < -0.39 is 0 Å². The van der Waals surface area contributed by atoms with Crippen molar-refractivity contribution in [3.05, 3.63) is 76.1 Å². The number of methoxy groups -OCH3 is 1. The highest BCUT2D eigenvalue weighted by molar-refractivity contribution is 6.30. The summed E-state index contributed by atoms with van der Waals surface area (Å²) in [6.45, 7) is 3.44. The number of hydrogen-bond acceptors (Lipinski definition) is 3. The molecule has 0 unspecified atom stereocenters. The van der Waals surface area contributed by atoms with E-state index in [0.717, 1.165) is 64.8 Å². The number of amides is 1. The number of piperidine rings is 1. The number of carbonyl (C=O) groups is 1. The third-order valence-electron chi connectivity index (χ3n) is 5.55. The number of benzene rings is 2. The molecule has 0 bridgehead atoms. The number of halogens is 1. The zero-order valence-electron chi connectivity index (χ0n) is 17.8. The highest BCUT2D eigenvalue weighted by atomic mass is 35.5. The summed E-state index contributed by atoms with van der Waals surface area (Å²) in [5, 5.41) is 0.728. The number of likely N-dealkylation sites (tertiary alicyclic amines) is 1. The molecule has 1 aliphatic rings. The molecular formula is C25H26ClN3O2. The van der Waals surface area contributed by atoms with Crippen LogP contribution in [0.15, 0.2) is 54.2 Å². The van der Waals surface area contributed by atoms with Crippen LogP contribution >= 0.6 is 11.6 Å². The first-order valence-electron chi connectivity index (χ1n) is 10.5. The fourth-order valence-corrected chi connectivity index (χ4v) is 4.01. The molecule has 0 saturated carbocycles. The molecule has 3 aromatic rings. The molecule has 1 saturated heterocycles. The first-order chi connectivity index (χ1) is 15.0. The number of aromatic nitrogens is 2. The van der Waals surface area contributed by atoms with Gasteiger partial charge in [-0.05, 0) is 67.7 Å². The molecule has 31 heavy (non-hydrogen) atoms. The zero-order valence-corrected chi connectivity index (χ0v) is 18.6. The third-order valence-corrected chi connectivity index (χ3v) is 5.80. The molecule has 4 rings (SSSR count). The van der Waals surface area contributed by atoms with Crippen LogP contribution in [0.1, 0.15) is 29.7 Å². The van der Waals surface area contributed by atoms with Crippen LogP contribution in [0.25, 0.3) is 17.5 Å². The number of H-pyrrole nitrogens is 1. The monoisotopic (exact) mass is 435 g/mol. The maximum atomic E-state index is 13.0. The second-order valence-corrected chi connectivity index (χ2v) is 8.23. The molecule has 5 nitrogen and oxygen atoms in total. The topological polar surface area (TPSA) is 58.2 Å². The molecule has 2 aromatic carbocycles. The Morgan fingerprint density at radius 3 is 2.74 bits per heavy atom. The third kappa shape index (κ3) is 5.00. The number of nitrogens with zero attached hydrogens (tertiary/aromatic N) is 2. The molecule has 0 aliphatic carbocycles. The molecule has 6 heteroatoms. The zero-order chi connectivity index (χ0) is 21.8. The minimum atomic E-state index is 0.116. The molecule has 1 aromatic heterocycles. The molecule has 2 heterocycles. The summed E-state index contributed by atoms with van der Waals surface area (Å²) in [6.07, 6.45) is 6.43. The van der Waals surface area contributed by atoms with Gasteiger partial charge in [0.2, 0.25) is 5.91 Å². The normalized spacial score (nSPS) is 15.5. The molecule has 160 valence electrons. The van der Waals surface area contributed by atoms with E-state index in [1.54, 1.807) is 7.11 Å². The lowest BCUT2D eigenvalue weighted by Gasteiger charge is -2.28. The lowest BCUT2D eigenvalue weighted by molar-refractivity contribution is -0.128. The van der Waals surface area contributed by atoms with Crippen molar-refractivity contribution in [2.24, 2.45) is 0 Å². The van der Waals surface area contributed by atoms with Crippen molar-refractivity contribution < 1.29 is 9.53 Å². The van der Waals surface area contributed by atoms with Gasteiger partial charge in [-0.1, -0.05) is 29.8 Å². The van der Waals surface area contributed by atoms with E-state index in [9.17, 15) is 4.79 Å². The number of nitrogens with one attached hydrogen (secondary N) is 1. The van der Waals surface area contributed by atoms with Crippen molar-refractivity contribution in [1.29, 1.82) is 0 Å². The Morgan fingerprint density at radius 1 is 1.23 bits per heavy atom. The van der Waals surface area contributed by atoms with Gasteiger partial charge in [0.1, 0.15) is 11.6 Å². The van der Waals surface area contributed by atoms with Crippen LogP contribution < -0.4 is 4.74 Å². The average molecular weight is 436 g/mol. The van der Waals surface area contributed by atoms with E-state index in [2.05, 4.69) is 9.97 Å². The second-order valence-electron chi connectivity index (χ2n) is 7.79. The van der Waals surface area contributed by atoms with Gasteiger partial charge in [-0.15, -0.1) is 0 Å². The number of hydrogen-bond donors (Lipinski definition) is 1. The van der Waals surface area contributed by atoms with Crippen LogP contribution in [0, 0.1) is 6.92 Å². The molecule has 1 amide bonds. The predicted molar refractivity (Wildman–Crippen MR) is 124 cm³/mol. The summed E-state index contributed by atoms with van der Waals surface area (Å²) < 4.78 is 5.59. The molecule has 1 aliphatic heterocycles. The van der Waals surface area contributed by atoms with Crippen molar-refractivity contribution in [3.8, 4) is 17.1 Å². The minimum Gasteiger partial charge on any atom is -0.496 e. The number of imidazole rings is 1. The van der Waals surface area contributed by atoms with E-state index in [1.807, 2.05) is 66.6 Å². The van der Waals surface area contributed by atoms with Crippen molar-refractivity contribution in [2.45, 2.75) is 26.2 Å². The van der Waals surface area contributed by atoms with Gasteiger partial charge in [0, 0.05) is 29.9 Å². The van der Waals surface area contributed by atoms with Gasteiger partial charge in [-0.3, -0.25) is 4.79 Å². The van der Waals surface area contributed by atoms with E-state index in [0.29, 0.717) is 6.54 Å². The summed E-state index contributed by atoms with van der Waals surface area (Å²) in [5.41, 5.74) is 4.80.